The van der Waals surface area contributed by atoms with E-state index in [9.17, 15) is 18.0 Å². The summed E-state index contributed by atoms with van der Waals surface area (Å²) in [4.78, 5) is 24.7. The van der Waals surface area contributed by atoms with Gasteiger partial charge in [-0.3, -0.25) is 19.2 Å². The third kappa shape index (κ3) is 3.58. The number of hydrogen-bond donors (Lipinski definition) is 1. The molecule has 0 saturated carbocycles. The van der Waals surface area contributed by atoms with Crippen LogP contribution in [0.2, 0.25) is 0 Å². The molecule has 1 fully saturated rings. The predicted octanol–water partition coefficient (Wildman–Crippen LogP) is 2.91. The van der Waals surface area contributed by atoms with Crippen molar-refractivity contribution in [3.63, 3.8) is 0 Å². The van der Waals surface area contributed by atoms with Gasteiger partial charge >= 0.3 is 0 Å². The van der Waals surface area contributed by atoms with Gasteiger partial charge in [-0.25, -0.2) is 8.42 Å². The number of nitrogens with zero attached hydrogens (tertiary/aromatic N) is 1. The van der Waals surface area contributed by atoms with E-state index in [1.165, 1.54) is 25.3 Å². The number of amides is 2. The lowest BCUT2D eigenvalue weighted by molar-refractivity contribution is -0.121. The van der Waals surface area contributed by atoms with E-state index in [0.717, 1.165) is 4.90 Å². The zero-order valence-electron chi connectivity index (χ0n) is 13.7. The number of carbonyl (C=O) groups is 2. The van der Waals surface area contributed by atoms with Crippen molar-refractivity contribution in [1.82, 2.24) is 0 Å². The van der Waals surface area contributed by atoms with Crippen LogP contribution in [0.4, 0.5) is 11.4 Å². The molecule has 136 valence electrons. The standard InChI is InChI=1S/C17H15BrN2O5S/c1-25-14-6-5-13(20-16(21)7-8-17(20)22)10-15(14)26(23,24)19-12-4-2-3-11(18)9-12/h2-6,9-10,19H,7-8H2,1H3. The third-order valence-corrected chi connectivity index (χ3v) is 5.72. The molecule has 0 aliphatic carbocycles. The van der Waals surface area contributed by atoms with E-state index in [2.05, 4.69) is 20.7 Å². The van der Waals surface area contributed by atoms with Crippen molar-refractivity contribution in [2.24, 2.45) is 0 Å². The van der Waals surface area contributed by atoms with E-state index >= 15 is 0 Å². The minimum absolute atomic E-state index is 0.107. The highest BCUT2D eigenvalue weighted by Gasteiger charge is 2.32. The fourth-order valence-corrected chi connectivity index (χ4v) is 4.28. The number of ether oxygens (including phenoxy) is 1. The molecule has 2 aromatic carbocycles. The summed E-state index contributed by atoms with van der Waals surface area (Å²) in [5.41, 5.74) is 0.563. The van der Waals surface area contributed by atoms with Crippen LogP contribution in [-0.4, -0.2) is 27.3 Å². The van der Waals surface area contributed by atoms with Crippen molar-refractivity contribution in [3.8, 4) is 5.75 Å². The first-order valence-electron chi connectivity index (χ1n) is 7.64. The number of imide groups is 1. The van der Waals surface area contributed by atoms with Crippen molar-refractivity contribution in [3.05, 3.63) is 46.9 Å². The number of nitrogens with one attached hydrogen (secondary N) is 1. The van der Waals surface area contributed by atoms with Gasteiger partial charge in [-0.1, -0.05) is 22.0 Å². The molecule has 1 N–H and O–H groups in total. The van der Waals surface area contributed by atoms with Crippen LogP contribution in [0.25, 0.3) is 0 Å². The average molecular weight is 439 g/mol. The monoisotopic (exact) mass is 438 g/mol. The Morgan fingerprint density at radius 3 is 2.38 bits per heavy atom. The Bertz CT molecular complexity index is 974. The maximum Gasteiger partial charge on any atom is 0.265 e. The molecular formula is C17H15BrN2O5S. The van der Waals surface area contributed by atoms with E-state index in [4.69, 9.17) is 4.74 Å². The summed E-state index contributed by atoms with van der Waals surface area (Å²) in [5.74, 6) is -0.609. The number of rotatable bonds is 5. The van der Waals surface area contributed by atoms with Crippen molar-refractivity contribution in [2.45, 2.75) is 17.7 Å². The molecule has 1 saturated heterocycles. The Balaban J connectivity index is 2.03. The molecule has 1 aliphatic rings. The lowest BCUT2D eigenvalue weighted by atomic mass is 10.2. The second-order valence-electron chi connectivity index (χ2n) is 5.57. The highest BCUT2D eigenvalue weighted by molar-refractivity contribution is 9.10. The molecule has 26 heavy (non-hydrogen) atoms. The number of sulfonamides is 1. The zero-order chi connectivity index (χ0) is 18.9. The first-order valence-corrected chi connectivity index (χ1v) is 9.91. The van der Waals surface area contributed by atoms with Gasteiger partial charge in [0.05, 0.1) is 12.8 Å². The van der Waals surface area contributed by atoms with Crippen LogP contribution in [-0.2, 0) is 19.6 Å². The SMILES string of the molecule is COc1ccc(N2C(=O)CCC2=O)cc1S(=O)(=O)Nc1cccc(Br)c1. The number of methoxy groups -OCH3 is 1. The van der Waals surface area contributed by atoms with E-state index in [1.807, 2.05) is 0 Å². The van der Waals surface area contributed by atoms with Crippen LogP contribution in [0.15, 0.2) is 51.8 Å². The second-order valence-corrected chi connectivity index (χ2v) is 8.14. The predicted molar refractivity (Wildman–Crippen MR) is 99.7 cm³/mol. The summed E-state index contributed by atoms with van der Waals surface area (Å²) >= 11 is 3.28. The summed E-state index contributed by atoms with van der Waals surface area (Å²) in [6.07, 6.45) is 0.229. The van der Waals surface area contributed by atoms with Gasteiger partial charge in [0, 0.05) is 23.0 Å². The Kier molecular flexibility index (Phi) is 5.01. The van der Waals surface area contributed by atoms with Crippen LogP contribution in [0.1, 0.15) is 12.8 Å². The molecule has 0 bridgehead atoms. The summed E-state index contributed by atoms with van der Waals surface area (Å²) in [5, 5.41) is 0. The van der Waals surface area contributed by atoms with Gasteiger partial charge in [0.1, 0.15) is 10.6 Å². The zero-order valence-corrected chi connectivity index (χ0v) is 16.1. The maximum absolute atomic E-state index is 12.8. The third-order valence-electron chi connectivity index (χ3n) is 3.82. The molecule has 1 aliphatic heterocycles. The highest BCUT2D eigenvalue weighted by atomic mass is 79.9. The lowest BCUT2D eigenvalue weighted by Gasteiger charge is -2.17. The Hall–Kier alpha value is -2.39. The number of halogens is 1. The van der Waals surface area contributed by atoms with E-state index in [-0.39, 0.29) is 41.0 Å². The number of anilines is 2. The number of hydrogen-bond acceptors (Lipinski definition) is 5. The van der Waals surface area contributed by atoms with Crippen molar-refractivity contribution < 1.29 is 22.7 Å². The molecule has 0 radical (unpaired) electrons. The van der Waals surface area contributed by atoms with Gasteiger partial charge in [0.15, 0.2) is 0 Å². The normalized spacial score (nSPS) is 14.6. The maximum atomic E-state index is 12.8. The summed E-state index contributed by atoms with van der Waals surface area (Å²) in [6, 6.07) is 10.8. The second kappa shape index (κ2) is 7.08. The molecule has 1 heterocycles. The van der Waals surface area contributed by atoms with Gasteiger partial charge in [0.2, 0.25) is 11.8 Å². The van der Waals surface area contributed by atoms with Crippen molar-refractivity contribution >= 4 is 49.1 Å². The van der Waals surface area contributed by atoms with Crippen molar-refractivity contribution in [1.29, 1.82) is 0 Å². The minimum Gasteiger partial charge on any atom is -0.495 e. The first kappa shape index (κ1) is 18.4. The largest absolute Gasteiger partial charge is 0.495 e. The Morgan fingerprint density at radius 1 is 1.08 bits per heavy atom. The molecule has 2 amide bonds. The Morgan fingerprint density at radius 2 is 1.77 bits per heavy atom. The van der Waals surface area contributed by atoms with Crippen LogP contribution in [0.5, 0.6) is 5.75 Å². The van der Waals surface area contributed by atoms with E-state index in [0.29, 0.717) is 10.2 Å². The molecule has 0 aromatic heterocycles. The summed E-state index contributed by atoms with van der Waals surface area (Å²) in [7, 11) is -2.66. The lowest BCUT2D eigenvalue weighted by Crippen LogP contribution is -2.28. The first-order chi connectivity index (χ1) is 12.3. The molecule has 0 atom stereocenters. The van der Waals surface area contributed by atoms with E-state index in [1.54, 1.807) is 24.3 Å². The highest BCUT2D eigenvalue weighted by Crippen LogP contribution is 2.32. The van der Waals surface area contributed by atoms with Gasteiger partial charge in [-0.05, 0) is 36.4 Å². The van der Waals surface area contributed by atoms with Gasteiger partial charge < -0.3 is 4.74 Å². The summed E-state index contributed by atoms with van der Waals surface area (Å²) < 4.78 is 34.0. The number of benzene rings is 2. The molecule has 0 spiro atoms. The van der Waals surface area contributed by atoms with Crippen LogP contribution in [0, 0.1) is 0 Å². The molecule has 3 rings (SSSR count). The smallest absolute Gasteiger partial charge is 0.265 e. The molecule has 2 aromatic rings. The molecule has 0 unspecified atom stereocenters. The minimum atomic E-state index is -4.00. The molecule has 9 heteroatoms. The van der Waals surface area contributed by atoms with Gasteiger partial charge in [-0.2, -0.15) is 0 Å². The Labute approximate surface area is 159 Å². The summed E-state index contributed by atoms with van der Waals surface area (Å²) in [6.45, 7) is 0. The van der Waals surface area contributed by atoms with Crippen LogP contribution >= 0.6 is 15.9 Å². The van der Waals surface area contributed by atoms with Crippen LogP contribution < -0.4 is 14.4 Å². The van der Waals surface area contributed by atoms with E-state index < -0.39 is 10.0 Å². The van der Waals surface area contributed by atoms with Crippen LogP contribution in [0.3, 0.4) is 0 Å². The topological polar surface area (TPSA) is 92.8 Å². The fraction of sp³-hybridized carbons (Fsp3) is 0.176. The molecule has 7 nitrogen and oxygen atoms in total. The van der Waals surface area contributed by atoms with Crippen molar-refractivity contribution in [2.75, 3.05) is 16.7 Å². The van der Waals surface area contributed by atoms with Gasteiger partial charge in [0.25, 0.3) is 10.0 Å². The quantitative estimate of drug-likeness (QED) is 0.724. The fourth-order valence-electron chi connectivity index (χ4n) is 2.64. The van der Waals surface area contributed by atoms with Gasteiger partial charge in [-0.15, -0.1) is 0 Å². The average Bonchev–Trinajstić information content (AvgIpc) is 2.92. The molecular weight excluding hydrogens is 424 g/mol. The number of carbonyl (C=O) groups excluding carboxylic acids is 2.